The van der Waals surface area contributed by atoms with Gasteiger partial charge in [-0.1, -0.05) is 0 Å². The van der Waals surface area contributed by atoms with Crippen LogP contribution in [-0.2, 0) is 0 Å². The van der Waals surface area contributed by atoms with E-state index in [1.807, 2.05) is 7.05 Å². The summed E-state index contributed by atoms with van der Waals surface area (Å²) in [6, 6.07) is 0. The van der Waals surface area contributed by atoms with Crippen molar-refractivity contribution in [2.45, 2.75) is 25.3 Å². The summed E-state index contributed by atoms with van der Waals surface area (Å²) in [7, 11) is 1.96. The third kappa shape index (κ3) is 2.87. The van der Waals surface area contributed by atoms with E-state index in [-0.39, 0.29) is 16.1 Å². The molecule has 104 valence electrons. The fraction of sp³-hybridized carbons (Fsp3) is 0.583. The van der Waals surface area contributed by atoms with E-state index in [2.05, 4.69) is 38.1 Å². The average molecular weight is 329 g/mol. The minimum atomic E-state index is -0.376. The standard InChI is InChI=1S/C12H17BrN4O2/c1-12(14-2)3-5-16(6-4-12)11-9(13)7-15-8-10(11)17(18)19/h7-8,14H,3-6H2,1-2H3. The highest BCUT2D eigenvalue weighted by Gasteiger charge is 2.32. The molecular formula is C12H17BrN4O2. The van der Waals surface area contributed by atoms with E-state index in [1.165, 1.54) is 6.20 Å². The number of hydrogen-bond donors (Lipinski definition) is 1. The van der Waals surface area contributed by atoms with Crippen LogP contribution in [0, 0.1) is 10.1 Å². The molecular weight excluding hydrogens is 312 g/mol. The molecule has 1 aliphatic heterocycles. The van der Waals surface area contributed by atoms with Gasteiger partial charge < -0.3 is 10.2 Å². The van der Waals surface area contributed by atoms with Crippen molar-refractivity contribution in [3.05, 3.63) is 27.0 Å². The van der Waals surface area contributed by atoms with Gasteiger partial charge in [0.05, 0.1) is 9.40 Å². The van der Waals surface area contributed by atoms with Gasteiger partial charge in [-0.25, -0.2) is 0 Å². The van der Waals surface area contributed by atoms with Gasteiger partial charge in [-0.05, 0) is 42.7 Å². The van der Waals surface area contributed by atoms with Crippen LogP contribution in [0.1, 0.15) is 19.8 Å². The van der Waals surface area contributed by atoms with E-state index >= 15 is 0 Å². The van der Waals surface area contributed by atoms with Gasteiger partial charge in [0.25, 0.3) is 0 Å². The Kier molecular flexibility index (Phi) is 4.05. The highest BCUT2D eigenvalue weighted by Crippen LogP contribution is 2.37. The second kappa shape index (κ2) is 5.42. The SMILES string of the molecule is CNC1(C)CCN(c2c(Br)cncc2[N+](=O)[O-])CC1. The fourth-order valence-electron chi connectivity index (χ4n) is 2.34. The molecule has 0 radical (unpaired) electrons. The smallest absolute Gasteiger partial charge is 0.311 e. The van der Waals surface area contributed by atoms with Crippen LogP contribution in [0.4, 0.5) is 11.4 Å². The first-order chi connectivity index (χ1) is 8.97. The van der Waals surface area contributed by atoms with E-state index in [0.29, 0.717) is 10.2 Å². The summed E-state index contributed by atoms with van der Waals surface area (Å²) in [5.74, 6) is 0. The average Bonchev–Trinajstić information content (AvgIpc) is 2.40. The molecule has 0 atom stereocenters. The minimum absolute atomic E-state index is 0.0578. The number of rotatable bonds is 3. The van der Waals surface area contributed by atoms with E-state index in [4.69, 9.17) is 0 Å². The molecule has 0 amide bonds. The maximum Gasteiger partial charge on any atom is 0.311 e. The Bertz CT molecular complexity index is 487. The normalized spacial score (nSPS) is 18.4. The summed E-state index contributed by atoms with van der Waals surface area (Å²) >= 11 is 3.37. The van der Waals surface area contributed by atoms with Crippen molar-refractivity contribution in [1.82, 2.24) is 10.3 Å². The molecule has 1 saturated heterocycles. The largest absolute Gasteiger partial charge is 0.365 e. The summed E-state index contributed by atoms with van der Waals surface area (Å²) in [5.41, 5.74) is 0.811. The molecule has 1 aliphatic rings. The number of piperidine rings is 1. The van der Waals surface area contributed by atoms with Gasteiger partial charge in [-0.2, -0.15) is 0 Å². The van der Waals surface area contributed by atoms with Crippen LogP contribution in [0.25, 0.3) is 0 Å². The number of pyridine rings is 1. The molecule has 0 saturated carbocycles. The lowest BCUT2D eigenvalue weighted by molar-refractivity contribution is -0.384. The maximum atomic E-state index is 11.1. The Balaban J connectivity index is 2.27. The predicted octanol–water partition coefficient (Wildman–Crippen LogP) is 2.33. The van der Waals surface area contributed by atoms with E-state index < -0.39 is 0 Å². The van der Waals surface area contributed by atoms with Crippen LogP contribution >= 0.6 is 15.9 Å². The van der Waals surface area contributed by atoms with Gasteiger partial charge in [0.15, 0.2) is 0 Å². The Morgan fingerprint density at radius 1 is 1.47 bits per heavy atom. The monoisotopic (exact) mass is 328 g/mol. The molecule has 1 aromatic heterocycles. The summed E-state index contributed by atoms with van der Waals surface area (Å²) in [6.45, 7) is 3.77. The summed E-state index contributed by atoms with van der Waals surface area (Å²) in [5, 5.41) is 14.4. The van der Waals surface area contributed by atoms with E-state index in [9.17, 15) is 10.1 Å². The third-order valence-electron chi connectivity index (χ3n) is 3.84. The van der Waals surface area contributed by atoms with Crippen molar-refractivity contribution in [1.29, 1.82) is 0 Å². The number of nitrogens with zero attached hydrogens (tertiary/aromatic N) is 3. The summed E-state index contributed by atoms with van der Waals surface area (Å²) in [4.78, 5) is 16.7. The topological polar surface area (TPSA) is 71.3 Å². The molecule has 1 fully saturated rings. The van der Waals surface area contributed by atoms with Crippen molar-refractivity contribution >= 4 is 27.3 Å². The lowest BCUT2D eigenvalue weighted by atomic mass is 9.89. The second-order valence-corrected chi connectivity index (χ2v) is 5.90. The van der Waals surface area contributed by atoms with Crippen LogP contribution in [0.15, 0.2) is 16.9 Å². The van der Waals surface area contributed by atoms with E-state index in [0.717, 1.165) is 25.9 Å². The van der Waals surface area contributed by atoms with Gasteiger partial charge in [-0.3, -0.25) is 15.1 Å². The number of halogens is 1. The third-order valence-corrected chi connectivity index (χ3v) is 4.42. The first-order valence-corrected chi connectivity index (χ1v) is 6.98. The zero-order valence-electron chi connectivity index (χ0n) is 11.0. The number of hydrogen-bond acceptors (Lipinski definition) is 5. The molecule has 7 heteroatoms. The van der Waals surface area contributed by atoms with Crippen molar-refractivity contribution in [3.8, 4) is 0 Å². The van der Waals surface area contributed by atoms with Crippen LogP contribution < -0.4 is 10.2 Å². The molecule has 0 bridgehead atoms. The minimum Gasteiger partial charge on any atom is -0.365 e. The highest BCUT2D eigenvalue weighted by molar-refractivity contribution is 9.10. The Morgan fingerprint density at radius 2 is 2.11 bits per heavy atom. The zero-order chi connectivity index (χ0) is 14.0. The van der Waals surface area contributed by atoms with Crippen molar-refractivity contribution in [3.63, 3.8) is 0 Å². The van der Waals surface area contributed by atoms with Crippen molar-refractivity contribution in [2.24, 2.45) is 0 Å². The number of aromatic nitrogens is 1. The Labute approximate surface area is 120 Å². The van der Waals surface area contributed by atoms with Gasteiger partial charge >= 0.3 is 5.69 Å². The predicted molar refractivity (Wildman–Crippen MR) is 77.5 cm³/mol. The van der Waals surface area contributed by atoms with Gasteiger partial charge in [0.2, 0.25) is 0 Å². The lowest BCUT2D eigenvalue weighted by Gasteiger charge is -2.40. The summed E-state index contributed by atoms with van der Waals surface area (Å²) in [6.07, 6.45) is 4.82. The highest BCUT2D eigenvalue weighted by atomic mass is 79.9. The quantitative estimate of drug-likeness (QED) is 0.681. The molecule has 6 nitrogen and oxygen atoms in total. The Morgan fingerprint density at radius 3 is 2.63 bits per heavy atom. The van der Waals surface area contributed by atoms with Crippen LogP contribution in [0.2, 0.25) is 0 Å². The molecule has 1 aromatic rings. The fourth-order valence-corrected chi connectivity index (χ4v) is 2.91. The first kappa shape index (κ1) is 14.2. The molecule has 19 heavy (non-hydrogen) atoms. The first-order valence-electron chi connectivity index (χ1n) is 6.18. The molecule has 0 aromatic carbocycles. The van der Waals surface area contributed by atoms with Crippen LogP contribution in [0.5, 0.6) is 0 Å². The van der Waals surface area contributed by atoms with E-state index in [1.54, 1.807) is 6.20 Å². The van der Waals surface area contributed by atoms with Gasteiger partial charge in [-0.15, -0.1) is 0 Å². The molecule has 2 heterocycles. The van der Waals surface area contributed by atoms with Crippen molar-refractivity contribution in [2.75, 3.05) is 25.0 Å². The molecule has 0 spiro atoms. The number of anilines is 1. The second-order valence-electron chi connectivity index (χ2n) is 5.04. The zero-order valence-corrected chi connectivity index (χ0v) is 12.6. The van der Waals surface area contributed by atoms with Crippen molar-refractivity contribution < 1.29 is 4.92 Å². The lowest BCUT2D eigenvalue weighted by Crippen LogP contribution is -2.50. The molecule has 0 aliphatic carbocycles. The Hall–Kier alpha value is -1.21. The van der Waals surface area contributed by atoms with Crippen LogP contribution in [-0.4, -0.2) is 35.6 Å². The molecule has 0 unspecified atom stereocenters. The molecule has 2 rings (SSSR count). The number of nitro groups is 1. The van der Waals surface area contributed by atoms with Crippen LogP contribution in [0.3, 0.4) is 0 Å². The maximum absolute atomic E-state index is 11.1. The molecule has 1 N–H and O–H groups in total. The van der Waals surface area contributed by atoms with Gasteiger partial charge in [0, 0.05) is 24.8 Å². The summed E-state index contributed by atoms with van der Waals surface area (Å²) < 4.78 is 0.676. The number of nitrogens with one attached hydrogen (secondary N) is 1. The van der Waals surface area contributed by atoms with Gasteiger partial charge in [0.1, 0.15) is 11.9 Å².